The summed E-state index contributed by atoms with van der Waals surface area (Å²) >= 11 is 0. The van der Waals surface area contributed by atoms with Crippen molar-refractivity contribution in [3.63, 3.8) is 0 Å². The van der Waals surface area contributed by atoms with Crippen LogP contribution in [0, 0.1) is 0 Å². The third-order valence-electron chi connectivity index (χ3n) is 1.66. The van der Waals surface area contributed by atoms with Gasteiger partial charge in [0.05, 0.1) is 0 Å². The second kappa shape index (κ2) is 3.79. The predicted molar refractivity (Wildman–Crippen MR) is 43.6 cm³/mol. The van der Waals surface area contributed by atoms with Crippen LogP contribution in [0.3, 0.4) is 0 Å². The SMILES string of the molecule is C=NNC(=O)CN1C(=O)CCC1=O. The summed E-state index contributed by atoms with van der Waals surface area (Å²) in [5.74, 6) is -1.15. The van der Waals surface area contributed by atoms with Crippen LogP contribution < -0.4 is 5.43 Å². The molecule has 0 saturated carbocycles. The highest BCUT2D eigenvalue weighted by atomic mass is 16.2. The van der Waals surface area contributed by atoms with E-state index in [1.807, 2.05) is 5.43 Å². The highest BCUT2D eigenvalue weighted by Gasteiger charge is 2.30. The standard InChI is InChI=1S/C7H9N3O3/c1-8-9-5(11)4-10-6(12)2-3-7(10)13/h1-4H2,(H,9,11). The maximum atomic E-state index is 11.0. The molecule has 6 nitrogen and oxygen atoms in total. The molecule has 0 unspecified atom stereocenters. The van der Waals surface area contributed by atoms with Crippen LogP contribution in [0.4, 0.5) is 0 Å². The van der Waals surface area contributed by atoms with Gasteiger partial charge in [-0.25, -0.2) is 5.43 Å². The highest BCUT2D eigenvalue weighted by Crippen LogP contribution is 2.10. The summed E-state index contributed by atoms with van der Waals surface area (Å²) in [7, 11) is 0. The largest absolute Gasteiger partial charge is 0.274 e. The molecule has 1 heterocycles. The molecule has 1 saturated heterocycles. The van der Waals surface area contributed by atoms with Crippen molar-refractivity contribution >= 4 is 24.4 Å². The van der Waals surface area contributed by atoms with E-state index in [0.717, 1.165) is 4.90 Å². The Hall–Kier alpha value is -1.72. The molecule has 1 aliphatic rings. The molecule has 1 rings (SSSR count). The molecule has 0 aromatic rings. The summed E-state index contributed by atoms with van der Waals surface area (Å²) in [6, 6.07) is 0. The zero-order valence-electron chi connectivity index (χ0n) is 6.95. The topological polar surface area (TPSA) is 78.8 Å². The molecule has 13 heavy (non-hydrogen) atoms. The van der Waals surface area contributed by atoms with Crippen molar-refractivity contribution in [2.75, 3.05) is 6.54 Å². The van der Waals surface area contributed by atoms with E-state index in [9.17, 15) is 14.4 Å². The maximum absolute atomic E-state index is 11.0. The Bertz CT molecular complexity index is 258. The van der Waals surface area contributed by atoms with E-state index < -0.39 is 5.91 Å². The van der Waals surface area contributed by atoms with Gasteiger partial charge in [0.25, 0.3) is 5.91 Å². The van der Waals surface area contributed by atoms with E-state index in [-0.39, 0.29) is 31.2 Å². The van der Waals surface area contributed by atoms with Gasteiger partial charge in [0.1, 0.15) is 6.54 Å². The number of likely N-dealkylation sites (tertiary alicyclic amines) is 1. The van der Waals surface area contributed by atoms with Crippen molar-refractivity contribution in [1.29, 1.82) is 0 Å². The monoisotopic (exact) mass is 183 g/mol. The number of carbonyl (C=O) groups excluding carboxylic acids is 3. The molecule has 0 aromatic heterocycles. The van der Waals surface area contributed by atoms with E-state index in [2.05, 4.69) is 11.8 Å². The van der Waals surface area contributed by atoms with E-state index in [0.29, 0.717) is 0 Å². The highest BCUT2D eigenvalue weighted by molar-refractivity contribution is 6.04. The third-order valence-corrected chi connectivity index (χ3v) is 1.66. The smallest absolute Gasteiger partial charge is 0.260 e. The molecule has 0 aromatic carbocycles. The van der Waals surface area contributed by atoms with Crippen molar-refractivity contribution in [2.45, 2.75) is 12.8 Å². The summed E-state index contributed by atoms with van der Waals surface area (Å²) in [5.41, 5.74) is 2.04. The lowest BCUT2D eigenvalue weighted by Crippen LogP contribution is -2.38. The first-order valence-electron chi connectivity index (χ1n) is 3.73. The van der Waals surface area contributed by atoms with E-state index in [1.165, 1.54) is 0 Å². The second-order valence-corrected chi connectivity index (χ2v) is 2.57. The van der Waals surface area contributed by atoms with Crippen LogP contribution in [0.25, 0.3) is 0 Å². The molecule has 6 heteroatoms. The molecular weight excluding hydrogens is 174 g/mol. The van der Waals surface area contributed by atoms with Crippen molar-refractivity contribution in [2.24, 2.45) is 5.10 Å². The summed E-state index contributed by atoms with van der Waals surface area (Å²) in [5, 5.41) is 3.13. The zero-order chi connectivity index (χ0) is 9.84. The average Bonchev–Trinajstić information content (AvgIpc) is 2.36. The van der Waals surface area contributed by atoms with Crippen molar-refractivity contribution in [3.05, 3.63) is 0 Å². The summed E-state index contributed by atoms with van der Waals surface area (Å²) in [4.78, 5) is 33.8. The zero-order valence-corrected chi connectivity index (χ0v) is 6.95. The number of nitrogens with one attached hydrogen (secondary N) is 1. The minimum atomic E-state index is -0.515. The molecule has 0 atom stereocenters. The number of amides is 3. The Morgan fingerprint density at radius 3 is 2.46 bits per heavy atom. The van der Waals surface area contributed by atoms with Crippen molar-refractivity contribution in [3.8, 4) is 0 Å². The first kappa shape index (κ1) is 9.37. The van der Waals surface area contributed by atoms with Crippen LogP contribution in [-0.4, -0.2) is 35.9 Å². The van der Waals surface area contributed by atoms with Gasteiger partial charge < -0.3 is 0 Å². The van der Waals surface area contributed by atoms with Crippen LogP contribution in [-0.2, 0) is 14.4 Å². The average molecular weight is 183 g/mol. The van der Waals surface area contributed by atoms with Gasteiger partial charge in [0.2, 0.25) is 11.8 Å². The minimum absolute atomic E-state index is 0.188. The Morgan fingerprint density at radius 1 is 1.46 bits per heavy atom. The van der Waals surface area contributed by atoms with Gasteiger partial charge in [-0.05, 0) is 0 Å². The normalized spacial score (nSPS) is 16.2. The Labute approximate surface area is 74.6 Å². The van der Waals surface area contributed by atoms with E-state index >= 15 is 0 Å². The molecule has 70 valence electrons. The molecule has 1 N–H and O–H groups in total. The molecular formula is C7H9N3O3. The maximum Gasteiger partial charge on any atom is 0.260 e. The summed E-state index contributed by atoms with van der Waals surface area (Å²) in [6.07, 6.45) is 0.376. The molecule has 0 radical (unpaired) electrons. The molecule has 0 spiro atoms. The Balaban J connectivity index is 2.52. The van der Waals surface area contributed by atoms with Crippen LogP contribution >= 0.6 is 0 Å². The number of hydrogen-bond donors (Lipinski definition) is 1. The molecule has 1 fully saturated rings. The van der Waals surface area contributed by atoms with Crippen LogP contribution in [0.1, 0.15) is 12.8 Å². The fourth-order valence-electron chi connectivity index (χ4n) is 1.07. The molecule has 0 aliphatic carbocycles. The first-order valence-corrected chi connectivity index (χ1v) is 3.73. The number of nitrogens with zero attached hydrogens (tertiary/aromatic N) is 2. The van der Waals surface area contributed by atoms with Crippen molar-refractivity contribution in [1.82, 2.24) is 10.3 Å². The summed E-state index contributed by atoms with van der Waals surface area (Å²) in [6.45, 7) is 2.78. The van der Waals surface area contributed by atoms with Crippen LogP contribution in [0.15, 0.2) is 5.10 Å². The van der Waals surface area contributed by atoms with Gasteiger partial charge in [-0.2, -0.15) is 5.10 Å². The van der Waals surface area contributed by atoms with Gasteiger partial charge in [-0.1, -0.05) is 0 Å². The first-order chi connectivity index (χ1) is 6.15. The van der Waals surface area contributed by atoms with E-state index in [1.54, 1.807) is 0 Å². The van der Waals surface area contributed by atoms with Gasteiger partial charge in [0.15, 0.2) is 0 Å². The molecule has 1 aliphatic heterocycles. The summed E-state index contributed by atoms with van der Waals surface area (Å²) < 4.78 is 0. The quantitative estimate of drug-likeness (QED) is 0.341. The number of carbonyl (C=O) groups is 3. The predicted octanol–water partition coefficient (Wildman–Crippen LogP) is -1.13. The van der Waals surface area contributed by atoms with E-state index in [4.69, 9.17) is 0 Å². The van der Waals surface area contributed by atoms with Gasteiger partial charge in [-0.15, -0.1) is 0 Å². The lowest BCUT2D eigenvalue weighted by Gasteiger charge is -2.11. The number of imide groups is 1. The number of rotatable bonds is 3. The minimum Gasteiger partial charge on any atom is -0.274 e. The lowest BCUT2D eigenvalue weighted by atomic mass is 10.4. The van der Waals surface area contributed by atoms with Crippen LogP contribution in [0.2, 0.25) is 0 Å². The Kier molecular flexibility index (Phi) is 2.73. The molecule has 3 amide bonds. The number of hydrazone groups is 1. The van der Waals surface area contributed by atoms with Crippen LogP contribution in [0.5, 0.6) is 0 Å². The third kappa shape index (κ3) is 2.11. The Morgan fingerprint density at radius 2 is 2.00 bits per heavy atom. The number of hydrogen-bond acceptors (Lipinski definition) is 4. The fourth-order valence-corrected chi connectivity index (χ4v) is 1.07. The second-order valence-electron chi connectivity index (χ2n) is 2.57. The van der Waals surface area contributed by atoms with Gasteiger partial charge in [-0.3, -0.25) is 19.3 Å². The lowest BCUT2D eigenvalue weighted by molar-refractivity contribution is -0.142. The fraction of sp³-hybridized carbons (Fsp3) is 0.429. The van der Waals surface area contributed by atoms with Gasteiger partial charge in [0, 0.05) is 19.6 Å². The van der Waals surface area contributed by atoms with Crippen molar-refractivity contribution < 1.29 is 14.4 Å². The van der Waals surface area contributed by atoms with Gasteiger partial charge >= 0.3 is 0 Å². The molecule has 0 bridgehead atoms.